The lowest BCUT2D eigenvalue weighted by molar-refractivity contribution is 0.0967. The fraction of sp³-hybridized carbons (Fsp3) is 0.647. The lowest BCUT2D eigenvalue weighted by Gasteiger charge is -2.40. The van der Waals surface area contributed by atoms with E-state index in [-0.39, 0.29) is 12.1 Å². The maximum atomic E-state index is 9.16. The van der Waals surface area contributed by atoms with Crippen molar-refractivity contribution in [2.75, 3.05) is 19.7 Å². The Bertz CT molecular complexity index is 400. The molecule has 3 nitrogen and oxygen atoms in total. The molecular weight excluding hydrogens is 248 g/mol. The molecule has 3 heteroatoms. The van der Waals surface area contributed by atoms with Crippen molar-refractivity contribution >= 4 is 0 Å². The second kappa shape index (κ2) is 7.21. The molecule has 2 rings (SSSR count). The van der Waals surface area contributed by atoms with Crippen LogP contribution in [0.25, 0.3) is 0 Å². The number of hydrogen-bond acceptors (Lipinski definition) is 3. The van der Waals surface area contributed by atoms with Crippen LogP contribution < -0.4 is 5.73 Å². The molecule has 1 aromatic rings. The van der Waals surface area contributed by atoms with E-state index in [0.717, 1.165) is 19.5 Å². The third-order valence-corrected chi connectivity index (χ3v) is 4.40. The van der Waals surface area contributed by atoms with Crippen LogP contribution in [0.4, 0.5) is 0 Å². The molecule has 1 aliphatic rings. The molecule has 1 fully saturated rings. The van der Waals surface area contributed by atoms with Crippen molar-refractivity contribution in [2.45, 2.75) is 45.2 Å². The first-order chi connectivity index (χ1) is 9.61. The third kappa shape index (κ3) is 3.81. The topological polar surface area (TPSA) is 49.5 Å². The molecule has 0 spiro atoms. The van der Waals surface area contributed by atoms with E-state index in [2.05, 4.69) is 43.0 Å². The molecule has 1 saturated heterocycles. The molecule has 1 heterocycles. The number of benzene rings is 1. The Morgan fingerprint density at radius 2 is 2.05 bits per heavy atom. The molecule has 0 saturated carbocycles. The number of hydrogen-bond donors (Lipinski definition) is 2. The molecule has 0 radical (unpaired) electrons. The van der Waals surface area contributed by atoms with Crippen molar-refractivity contribution < 1.29 is 5.11 Å². The number of aliphatic hydroxyl groups excluding tert-OH is 1. The van der Waals surface area contributed by atoms with E-state index in [0.29, 0.717) is 12.5 Å². The number of likely N-dealkylation sites (tertiary alicyclic amines) is 1. The van der Waals surface area contributed by atoms with Gasteiger partial charge in [-0.1, -0.05) is 29.8 Å². The van der Waals surface area contributed by atoms with Crippen LogP contribution in [0.5, 0.6) is 0 Å². The summed E-state index contributed by atoms with van der Waals surface area (Å²) in [5, 5.41) is 9.16. The van der Waals surface area contributed by atoms with Crippen molar-refractivity contribution in [1.82, 2.24) is 4.90 Å². The van der Waals surface area contributed by atoms with Gasteiger partial charge >= 0.3 is 0 Å². The fourth-order valence-electron chi connectivity index (χ4n) is 3.38. The van der Waals surface area contributed by atoms with Crippen LogP contribution in [-0.2, 0) is 0 Å². The summed E-state index contributed by atoms with van der Waals surface area (Å²) in [5.74, 6) is 0.612. The number of nitrogens with zero attached hydrogens (tertiary/aromatic N) is 1. The molecule has 112 valence electrons. The Hall–Kier alpha value is -0.900. The summed E-state index contributed by atoms with van der Waals surface area (Å²) in [6, 6.07) is 9.15. The van der Waals surface area contributed by atoms with Crippen molar-refractivity contribution in [3.05, 3.63) is 35.4 Å². The van der Waals surface area contributed by atoms with Gasteiger partial charge in [0.2, 0.25) is 0 Å². The second-order valence-electron chi connectivity index (χ2n) is 6.23. The molecule has 0 bridgehead atoms. The minimum Gasteiger partial charge on any atom is -0.396 e. The van der Waals surface area contributed by atoms with Gasteiger partial charge in [-0.25, -0.2) is 0 Å². The molecule has 0 amide bonds. The number of aliphatic hydroxyl groups is 1. The Labute approximate surface area is 122 Å². The maximum Gasteiger partial charge on any atom is 0.0496 e. The molecule has 20 heavy (non-hydrogen) atoms. The maximum absolute atomic E-state index is 9.16. The van der Waals surface area contributed by atoms with E-state index in [9.17, 15) is 0 Å². The number of piperidine rings is 1. The van der Waals surface area contributed by atoms with Crippen LogP contribution in [0.3, 0.4) is 0 Å². The quantitative estimate of drug-likeness (QED) is 0.868. The van der Waals surface area contributed by atoms with E-state index in [1.54, 1.807) is 0 Å². The summed E-state index contributed by atoms with van der Waals surface area (Å²) in [6.45, 7) is 6.68. The minimum atomic E-state index is 0.116. The van der Waals surface area contributed by atoms with E-state index < -0.39 is 0 Å². The number of aryl methyl sites for hydroxylation is 1. The van der Waals surface area contributed by atoms with Crippen LogP contribution in [0, 0.1) is 12.8 Å². The fourth-order valence-corrected chi connectivity index (χ4v) is 3.38. The highest BCUT2D eigenvalue weighted by atomic mass is 16.3. The highest BCUT2D eigenvalue weighted by molar-refractivity contribution is 5.25. The summed E-state index contributed by atoms with van der Waals surface area (Å²) in [7, 11) is 0. The zero-order valence-corrected chi connectivity index (χ0v) is 12.8. The van der Waals surface area contributed by atoms with E-state index in [1.165, 1.54) is 24.0 Å². The van der Waals surface area contributed by atoms with Gasteiger partial charge in [-0.15, -0.1) is 0 Å². The summed E-state index contributed by atoms with van der Waals surface area (Å²) >= 11 is 0. The van der Waals surface area contributed by atoms with Gasteiger partial charge in [-0.2, -0.15) is 0 Å². The molecule has 0 aromatic heterocycles. The third-order valence-electron chi connectivity index (χ3n) is 4.40. The van der Waals surface area contributed by atoms with Crippen molar-refractivity contribution in [2.24, 2.45) is 11.7 Å². The van der Waals surface area contributed by atoms with Crippen molar-refractivity contribution in [3.63, 3.8) is 0 Å². The van der Waals surface area contributed by atoms with Crippen molar-refractivity contribution in [3.8, 4) is 0 Å². The molecule has 0 aliphatic carbocycles. The van der Waals surface area contributed by atoms with Gasteiger partial charge in [0.1, 0.15) is 0 Å². The minimum absolute atomic E-state index is 0.116. The van der Waals surface area contributed by atoms with Crippen molar-refractivity contribution in [1.29, 1.82) is 0 Å². The average molecular weight is 276 g/mol. The Morgan fingerprint density at radius 3 is 2.65 bits per heavy atom. The number of rotatable bonds is 5. The Balaban J connectivity index is 2.13. The lowest BCUT2D eigenvalue weighted by atomic mass is 9.90. The van der Waals surface area contributed by atoms with E-state index in [1.807, 2.05) is 0 Å². The summed E-state index contributed by atoms with van der Waals surface area (Å²) < 4.78 is 0. The van der Waals surface area contributed by atoms with Gasteiger partial charge in [0.05, 0.1) is 0 Å². The van der Waals surface area contributed by atoms with Crippen LogP contribution in [0.15, 0.2) is 24.3 Å². The molecule has 3 N–H and O–H groups in total. The first-order valence-electron chi connectivity index (χ1n) is 7.79. The Morgan fingerprint density at radius 1 is 1.35 bits per heavy atom. The first-order valence-corrected chi connectivity index (χ1v) is 7.79. The first kappa shape index (κ1) is 15.5. The van der Waals surface area contributed by atoms with E-state index >= 15 is 0 Å². The largest absolute Gasteiger partial charge is 0.396 e. The summed E-state index contributed by atoms with van der Waals surface area (Å²) in [6.07, 6.45) is 3.35. The molecule has 3 atom stereocenters. The normalized spacial score (nSPS) is 23.5. The SMILES string of the molecule is Cc1ccc(C(C(C)N)N2CCCC(CCO)C2)cc1. The smallest absolute Gasteiger partial charge is 0.0496 e. The predicted molar refractivity (Wildman–Crippen MR) is 83.6 cm³/mol. The summed E-state index contributed by atoms with van der Waals surface area (Å²) in [5.41, 5.74) is 8.87. The lowest BCUT2D eigenvalue weighted by Crippen LogP contribution is -2.44. The standard InChI is InChI=1S/C17H28N2O/c1-13-5-7-16(8-6-13)17(14(2)18)19-10-3-4-15(12-19)9-11-20/h5-8,14-15,17,20H,3-4,9-12,18H2,1-2H3. The summed E-state index contributed by atoms with van der Waals surface area (Å²) in [4.78, 5) is 2.51. The molecule has 3 unspecified atom stereocenters. The van der Waals surface area contributed by atoms with Crippen LogP contribution in [-0.4, -0.2) is 35.7 Å². The number of nitrogens with two attached hydrogens (primary N) is 1. The molecular formula is C17H28N2O. The van der Waals surface area contributed by atoms with Crippen LogP contribution >= 0.6 is 0 Å². The van der Waals surface area contributed by atoms with Gasteiger partial charge in [-0.3, -0.25) is 4.90 Å². The average Bonchev–Trinajstić information content (AvgIpc) is 2.42. The van der Waals surface area contributed by atoms with Gasteiger partial charge in [-0.05, 0) is 51.1 Å². The predicted octanol–water partition coefficient (Wildman–Crippen LogP) is 2.48. The Kier molecular flexibility index (Phi) is 5.58. The van der Waals surface area contributed by atoms with Gasteiger partial charge in [0.15, 0.2) is 0 Å². The van der Waals surface area contributed by atoms with Gasteiger partial charge in [0, 0.05) is 25.2 Å². The monoisotopic (exact) mass is 276 g/mol. The van der Waals surface area contributed by atoms with Crippen LogP contribution in [0.1, 0.15) is 43.4 Å². The highest BCUT2D eigenvalue weighted by Gasteiger charge is 2.28. The van der Waals surface area contributed by atoms with Gasteiger partial charge < -0.3 is 10.8 Å². The molecule has 1 aliphatic heterocycles. The molecule has 1 aromatic carbocycles. The van der Waals surface area contributed by atoms with Gasteiger partial charge in [0.25, 0.3) is 0 Å². The zero-order chi connectivity index (χ0) is 14.5. The van der Waals surface area contributed by atoms with E-state index in [4.69, 9.17) is 10.8 Å². The zero-order valence-electron chi connectivity index (χ0n) is 12.8. The second-order valence-corrected chi connectivity index (χ2v) is 6.23. The highest BCUT2D eigenvalue weighted by Crippen LogP contribution is 2.30. The van der Waals surface area contributed by atoms with Crippen LogP contribution in [0.2, 0.25) is 0 Å².